The first-order chi connectivity index (χ1) is 15.3. The number of benzene rings is 2. The van der Waals surface area contributed by atoms with Crippen LogP contribution in [-0.2, 0) is 16.2 Å². The standard InChI is InChI=1S/C23H25F2N3O3S/c1-4-14(2)26-22(30)28-10-11-32-23(28)17-12-15(31-3)8-9-20(17)27(21(23)29)13-16-18(24)6-5-7-19(16)25/h5-9,12,14H,4,10-11,13H2,1-3H3,(H,26,30). The molecule has 6 nitrogen and oxygen atoms in total. The lowest BCUT2D eigenvalue weighted by atomic mass is 10.1. The summed E-state index contributed by atoms with van der Waals surface area (Å²) < 4.78 is 34.2. The molecule has 2 aliphatic rings. The second-order valence-electron chi connectivity index (χ2n) is 7.88. The maximum atomic E-state index is 14.4. The van der Waals surface area contributed by atoms with Crippen LogP contribution < -0.4 is 15.0 Å². The normalized spacial score (nSPS) is 20.6. The Bertz CT molecular complexity index is 1050. The van der Waals surface area contributed by atoms with Crippen molar-refractivity contribution >= 4 is 29.4 Å². The van der Waals surface area contributed by atoms with Crippen LogP contribution in [0.5, 0.6) is 5.75 Å². The Labute approximate surface area is 189 Å². The number of ether oxygens (including phenoxy) is 1. The van der Waals surface area contributed by atoms with Crippen molar-refractivity contribution in [3.05, 3.63) is 59.2 Å². The van der Waals surface area contributed by atoms with Crippen molar-refractivity contribution in [2.75, 3.05) is 24.3 Å². The molecule has 2 aliphatic heterocycles. The number of thioether (sulfide) groups is 1. The Kier molecular flexibility index (Phi) is 6.03. The van der Waals surface area contributed by atoms with Crippen LogP contribution in [0.1, 0.15) is 31.4 Å². The largest absolute Gasteiger partial charge is 0.497 e. The summed E-state index contributed by atoms with van der Waals surface area (Å²) in [7, 11) is 1.52. The van der Waals surface area contributed by atoms with E-state index in [1.165, 1.54) is 46.9 Å². The Morgan fingerprint density at radius 1 is 1.28 bits per heavy atom. The van der Waals surface area contributed by atoms with E-state index in [9.17, 15) is 18.4 Å². The van der Waals surface area contributed by atoms with Gasteiger partial charge < -0.3 is 15.0 Å². The summed E-state index contributed by atoms with van der Waals surface area (Å²) >= 11 is 1.35. The summed E-state index contributed by atoms with van der Waals surface area (Å²) in [5.41, 5.74) is 0.896. The third-order valence-electron chi connectivity index (χ3n) is 6.01. The van der Waals surface area contributed by atoms with E-state index >= 15 is 0 Å². The van der Waals surface area contributed by atoms with Gasteiger partial charge in [-0.1, -0.05) is 13.0 Å². The number of halogens is 2. The van der Waals surface area contributed by atoms with Gasteiger partial charge in [0.05, 0.1) is 19.3 Å². The highest BCUT2D eigenvalue weighted by Gasteiger charge is 2.59. The monoisotopic (exact) mass is 461 g/mol. The lowest BCUT2D eigenvalue weighted by molar-refractivity contribution is -0.123. The molecule has 1 saturated heterocycles. The van der Waals surface area contributed by atoms with Crippen molar-refractivity contribution in [1.82, 2.24) is 10.2 Å². The number of nitrogens with zero attached hydrogens (tertiary/aromatic N) is 2. The molecule has 0 aromatic heterocycles. The number of amides is 3. The van der Waals surface area contributed by atoms with Gasteiger partial charge >= 0.3 is 6.03 Å². The number of carbonyl (C=O) groups is 2. The zero-order valence-electron chi connectivity index (χ0n) is 18.2. The van der Waals surface area contributed by atoms with E-state index in [-0.39, 0.29) is 24.2 Å². The first-order valence-electron chi connectivity index (χ1n) is 10.5. The highest BCUT2D eigenvalue weighted by Crippen LogP contribution is 2.55. The van der Waals surface area contributed by atoms with Crippen LogP contribution in [0.25, 0.3) is 0 Å². The molecule has 3 amide bonds. The van der Waals surface area contributed by atoms with Gasteiger partial charge in [-0.25, -0.2) is 13.6 Å². The number of anilines is 1. The number of methoxy groups -OCH3 is 1. The predicted molar refractivity (Wildman–Crippen MR) is 120 cm³/mol. The molecule has 0 saturated carbocycles. The summed E-state index contributed by atoms with van der Waals surface area (Å²) in [5, 5.41) is 2.94. The highest BCUT2D eigenvalue weighted by molar-refractivity contribution is 8.01. The van der Waals surface area contributed by atoms with Crippen LogP contribution in [0.2, 0.25) is 0 Å². The molecule has 4 rings (SSSR count). The highest BCUT2D eigenvalue weighted by atomic mass is 32.2. The molecule has 0 aliphatic carbocycles. The summed E-state index contributed by atoms with van der Waals surface area (Å²) in [6.45, 7) is 3.95. The summed E-state index contributed by atoms with van der Waals surface area (Å²) in [6, 6.07) is 8.34. The average Bonchev–Trinajstić information content (AvgIpc) is 3.32. The van der Waals surface area contributed by atoms with Crippen LogP contribution in [0, 0.1) is 11.6 Å². The molecule has 170 valence electrons. The van der Waals surface area contributed by atoms with Crippen molar-refractivity contribution in [3.63, 3.8) is 0 Å². The van der Waals surface area contributed by atoms with Crippen LogP contribution >= 0.6 is 11.8 Å². The Hall–Kier alpha value is -2.81. The first kappa shape index (κ1) is 22.4. The van der Waals surface area contributed by atoms with Crippen molar-refractivity contribution in [2.45, 2.75) is 37.7 Å². The number of rotatable bonds is 5. The van der Waals surface area contributed by atoms with Crippen molar-refractivity contribution in [1.29, 1.82) is 0 Å². The SMILES string of the molecule is CCC(C)NC(=O)N1CCSC12C(=O)N(Cc1c(F)cccc1F)c1ccc(OC)cc12. The topological polar surface area (TPSA) is 61.9 Å². The van der Waals surface area contributed by atoms with Gasteiger partial charge in [-0.05, 0) is 43.7 Å². The molecule has 1 fully saturated rings. The third kappa shape index (κ3) is 3.48. The first-order valence-corrected chi connectivity index (χ1v) is 11.5. The number of hydrogen-bond donors (Lipinski definition) is 1. The van der Waals surface area contributed by atoms with E-state index in [0.29, 0.717) is 29.3 Å². The third-order valence-corrected chi connectivity index (χ3v) is 7.43. The predicted octanol–water partition coefficient (Wildman–Crippen LogP) is 4.23. The Balaban J connectivity index is 1.80. The fourth-order valence-electron chi connectivity index (χ4n) is 4.11. The van der Waals surface area contributed by atoms with E-state index in [4.69, 9.17) is 4.74 Å². The van der Waals surface area contributed by atoms with Crippen molar-refractivity contribution < 1.29 is 23.1 Å². The van der Waals surface area contributed by atoms with Crippen LogP contribution in [0.4, 0.5) is 19.3 Å². The zero-order valence-corrected chi connectivity index (χ0v) is 19.0. The number of hydrogen-bond acceptors (Lipinski definition) is 4. The molecule has 1 N–H and O–H groups in total. The van der Waals surface area contributed by atoms with E-state index in [2.05, 4.69) is 5.32 Å². The fourth-order valence-corrected chi connectivity index (χ4v) is 5.56. The minimum absolute atomic E-state index is 0.0601. The second kappa shape index (κ2) is 8.61. The summed E-state index contributed by atoms with van der Waals surface area (Å²) in [5.74, 6) is -0.758. The van der Waals surface area contributed by atoms with Crippen LogP contribution in [0.15, 0.2) is 36.4 Å². The van der Waals surface area contributed by atoms with E-state index in [0.717, 1.165) is 6.42 Å². The number of carbonyl (C=O) groups excluding carboxylic acids is 2. The molecular formula is C23H25F2N3O3S. The van der Waals surface area contributed by atoms with E-state index in [1.54, 1.807) is 18.2 Å². The lowest BCUT2D eigenvalue weighted by Crippen LogP contribution is -2.54. The van der Waals surface area contributed by atoms with Gasteiger partial charge in [0.15, 0.2) is 4.87 Å². The number of urea groups is 1. The number of fused-ring (bicyclic) bond motifs is 2. The molecule has 9 heteroatoms. The fraction of sp³-hybridized carbons (Fsp3) is 0.391. The summed E-state index contributed by atoms with van der Waals surface area (Å²) in [6.07, 6.45) is 0.747. The minimum Gasteiger partial charge on any atom is -0.497 e. The second-order valence-corrected chi connectivity index (χ2v) is 9.17. The molecule has 0 radical (unpaired) electrons. The van der Waals surface area contributed by atoms with Crippen molar-refractivity contribution in [3.8, 4) is 5.75 Å². The molecule has 2 unspecified atom stereocenters. The Morgan fingerprint density at radius 2 is 2.00 bits per heavy atom. The Morgan fingerprint density at radius 3 is 2.66 bits per heavy atom. The van der Waals surface area contributed by atoms with Gasteiger partial charge in [-0.3, -0.25) is 9.69 Å². The van der Waals surface area contributed by atoms with Gasteiger partial charge in [-0.2, -0.15) is 0 Å². The van der Waals surface area contributed by atoms with Gasteiger partial charge in [0.25, 0.3) is 5.91 Å². The molecule has 2 heterocycles. The average molecular weight is 462 g/mol. The minimum atomic E-state index is -1.32. The molecule has 0 bridgehead atoms. The molecule has 32 heavy (non-hydrogen) atoms. The molecule has 1 spiro atoms. The molecular weight excluding hydrogens is 436 g/mol. The van der Waals surface area contributed by atoms with Gasteiger partial charge in [-0.15, -0.1) is 11.8 Å². The molecule has 2 aromatic carbocycles. The van der Waals surface area contributed by atoms with Gasteiger partial charge in [0, 0.05) is 29.5 Å². The zero-order chi connectivity index (χ0) is 23.0. The molecule has 2 aromatic rings. The van der Waals surface area contributed by atoms with Gasteiger partial charge in [0.2, 0.25) is 0 Å². The lowest BCUT2D eigenvalue weighted by Gasteiger charge is -2.34. The maximum absolute atomic E-state index is 14.4. The van der Waals surface area contributed by atoms with Crippen molar-refractivity contribution in [2.24, 2.45) is 0 Å². The summed E-state index contributed by atoms with van der Waals surface area (Å²) in [4.78, 5) is 28.6. The van der Waals surface area contributed by atoms with E-state index in [1.807, 2.05) is 13.8 Å². The van der Waals surface area contributed by atoms with Gasteiger partial charge in [0.1, 0.15) is 17.4 Å². The number of nitrogens with one attached hydrogen (secondary N) is 1. The maximum Gasteiger partial charge on any atom is 0.319 e. The van der Waals surface area contributed by atoms with E-state index < -0.39 is 22.4 Å². The van der Waals surface area contributed by atoms with Crippen LogP contribution in [0.3, 0.4) is 0 Å². The molecule has 2 atom stereocenters. The van der Waals surface area contributed by atoms with Crippen LogP contribution in [-0.4, -0.2) is 42.3 Å². The smallest absolute Gasteiger partial charge is 0.319 e. The quantitative estimate of drug-likeness (QED) is 0.724.